The first kappa shape index (κ1) is 22.2. The van der Waals surface area contributed by atoms with Gasteiger partial charge in [0.25, 0.3) is 10.0 Å². The van der Waals surface area contributed by atoms with Gasteiger partial charge in [-0.3, -0.25) is 9.52 Å². The van der Waals surface area contributed by atoms with Crippen LogP contribution in [-0.4, -0.2) is 28.5 Å². The highest BCUT2D eigenvalue weighted by Gasteiger charge is 2.17. The van der Waals surface area contributed by atoms with Crippen molar-refractivity contribution in [2.75, 3.05) is 24.3 Å². The molecule has 0 saturated carbocycles. The third kappa shape index (κ3) is 5.76. The third-order valence-electron chi connectivity index (χ3n) is 4.59. The van der Waals surface area contributed by atoms with Crippen LogP contribution < -0.4 is 19.5 Å². The van der Waals surface area contributed by atoms with Crippen molar-refractivity contribution in [1.82, 2.24) is 0 Å². The van der Waals surface area contributed by atoms with Crippen LogP contribution in [0.2, 0.25) is 0 Å². The highest BCUT2D eigenvalue weighted by atomic mass is 32.2. The van der Waals surface area contributed by atoms with Crippen molar-refractivity contribution in [3.63, 3.8) is 0 Å². The first-order valence-corrected chi connectivity index (χ1v) is 11.1. The molecular formula is C23H24N2O5S. The molecule has 162 valence electrons. The number of ether oxygens (including phenoxy) is 2. The predicted molar refractivity (Wildman–Crippen MR) is 120 cm³/mol. The summed E-state index contributed by atoms with van der Waals surface area (Å²) in [5.41, 5.74) is 1.65. The Morgan fingerprint density at radius 3 is 2.29 bits per heavy atom. The summed E-state index contributed by atoms with van der Waals surface area (Å²) in [6, 6.07) is 20.3. The standard InChI is InChI=1S/C23H24N2O5S/c1-29-21-12-5-3-8-17(21)14-15-23(26)24-18-9-7-10-19(16-18)31(27,28)25-20-11-4-6-13-22(20)30-2/h3-13,16,25H,14-15H2,1-2H3,(H,24,26). The van der Waals surface area contributed by atoms with Crippen molar-refractivity contribution in [1.29, 1.82) is 0 Å². The lowest BCUT2D eigenvalue weighted by molar-refractivity contribution is -0.116. The zero-order valence-corrected chi connectivity index (χ0v) is 18.1. The molecule has 0 unspecified atom stereocenters. The van der Waals surface area contributed by atoms with Crippen molar-refractivity contribution in [3.8, 4) is 11.5 Å². The minimum atomic E-state index is -3.87. The van der Waals surface area contributed by atoms with Gasteiger partial charge in [-0.25, -0.2) is 8.42 Å². The minimum absolute atomic E-state index is 0.0286. The average molecular weight is 441 g/mol. The molecule has 0 saturated heterocycles. The van der Waals surface area contributed by atoms with E-state index in [1.165, 1.54) is 19.2 Å². The summed E-state index contributed by atoms with van der Waals surface area (Å²) in [5.74, 6) is 0.913. The van der Waals surface area contributed by atoms with E-state index in [1.54, 1.807) is 43.5 Å². The van der Waals surface area contributed by atoms with E-state index in [4.69, 9.17) is 9.47 Å². The number of benzene rings is 3. The van der Waals surface area contributed by atoms with E-state index < -0.39 is 10.0 Å². The molecule has 2 N–H and O–H groups in total. The number of rotatable bonds is 9. The minimum Gasteiger partial charge on any atom is -0.496 e. The Labute approximate surface area is 182 Å². The SMILES string of the molecule is COc1ccccc1CCC(=O)Nc1cccc(S(=O)(=O)Nc2ccccc2OC)c1. The van der Waals surface area contributed by atoms with Gasteiger partial charge in [0.05, 0.1) is 24.8 Å². The van der Waals surface area contributed by atoms with Crippen LogP contribution in [0, 0.1) is 0 Å². The van der Waals surface area contributed by atoms with Gasteiger partial charge in [-0.2, -0.15) is 0 Å². The molecule has 0 aliphatic rings. The summed E-state index contributed by atoms with van der Waals surface area (Å²) < 4.78 is 38.6. The number of carbonyl (C=O) groups excluding carboxylic acids is 1. The molecule has 7 nitrogen and oxygen atoms in total. The van der Waals surface area contributed by atoms with E-state index in [1.807, 2.05) is 24.3 Å². The monoisotopic (exact) mass is 440 g/mol. The number of carbonyl (C=O) groups is 1. The number of nitrogens with one attached hydrogen (secondary N) is 2. The second-order valence-corrected chi connectivity index (χ2v) is 8.38. The largest absolute Gasteiger partial charge is 0.496 e. The molecule has 1 amide bonds. The van der Waals surface area contributed by atoms with Crippen LogP contribution in [0.15, 0.2) is 77.7 Å². The fourth-order valence-electron chi connectivity index (χ4n) is 3.05. The Morgan fingerprint density at radius 1 is 0.871 bits per heavy atom. The van der Waals surface area contributed by atoms with Gasteiger partial charge in [-0.1, -0.05) is 36.4 Å². The second kappa shape index (κ2) is 9.99. The zero-order chi connectivity index (χ0) is 22.3. The van der Waals surface area contributed by atoms with E-state index >= 15 is 0 Å². The smallest absolute Gasteiger partial charge is 0.262 e. The Morgan fingerprint density at radius 2 is 1.55 bits per heavy atom. The lowest BCUT2D eigenvalue weighted by Crippen LogP contribution is -2.15. The number of sulfonamides is 1. The van der Waals surface area contributed by atoms with Gasteiger partial charge in [0, 0.05) is 12.1 Å². The average Bonchev–Trinajstić information content (AvgIpc) is 2.78. The van der Waals surface area contributed by atoms with Gasteiger partial charge in [0.2, 0.25) is 5.91 Å². The van der Waals surface area contributed by atoms with E-state index in [-0.39, 0.29) is 17.2 Å². The van der Waals surface area contributed by atoms with E-state index in [9.17, 15) is 13.2 Å². The Hall–Kier alpha value is -3.52. The molecule has 0 bridgehead atoms. The van der Waals surface area contributed by atoms with Crippen molar-refractivity contribution < 1.29 is 22.7 Å². The second-order valence-electron chi connectivity index (χ2n) is 6.69. The van der Waals surface area contributed by atoms with Gasteiger partial charge < -0.3 is 14.8 Å². The van der Waals surface area contributed by atoms with E-state index in [0.29, 0.717) is 23.5 Å². The number of hydrogen-bond acceptors (Lipinski definition) is 5. The topological polar surface area (TPSA) is 93.7 Å². The molecule has 8 heteroatoms. The maximum Gasteiger partial charge on any atom is 0.262 e. The van der Waals surface area contributed by atoms with Crippen LogP contribution in [0.3, 0.4) is 0 Å². The Bertz CT molecular complexity index is 1160. The van der Waals surface area contributed by atoms with Crippen LogP contribution in [-0.2, 0) is 21.2 Å². The summed E-state index contributed by atoms with van der Waals surface area (Å²) in [6.07, 6.45) is 0.736. The Balaban J connectivity index is 1.68. The van der Waals surface area contributed by atoms with Gasteiger partial charge in [-0.05, 0) is 48.4 Å². The van der Waals surface area contributed by atoms with Crippen molar-refractivity contribution in [2.24, 2.45) is 0 Å². The molecule has 0 aromatic heterocycles. The molecule has 31 heavy (non-hydrogen) atoms. The summed E-state index contributed by atoms with van der Waals surface area (Å²) in [7, 11) is -0.813. The molecule has 3 aromatic rings. The first-order chi connectivity index (χ1) is 14.9. The highest BCUT2D eigenvalue weighted by Crippen LogP contribution is 2.27. The predicted octanol–water partition coefficient (Wildman–Crippen LogP) is 4.08. The summed E-state index contributed by atoms with van der Waals surface area (Å²) in [6.45, 7) is 0. The number of hydrogen-bond donors (Lipinski definition) is 2. The first-order valence-electron chi connectivity index (χ1n) is 9.60. The summed E-state index contributed by atoms with van der Waals surface area (Å²) in [5, 5.41) is 2.75. The molecule has 3 rings (SSSR count). The number of anilines is 2. The zero-order valence-electron chi connectivity index (χ0n) is 17.3. The molecule has 0 fully saturated rings. The highest BCUT2D eigenvalue weighted by molar-refractivity contribution is 7.92. The molecular weight excluding hydrogens is 416 g/mol. The molecule has 0 aliphatic carbocycles. The number of amides is 1. The van der Waals surface area contributed by atoms with Crippen LogP contribution in [0.5, 0.6) is 11.5 Å². The quantitative estimate of drug-likeness (QED) is 0.523. The molecule has 0 radical (unpaired) electrons. The third-order valence-corrected chi connectivity index (χ3v) is 5.96. The van der Waals surface area contributed by atoms with Gasteiger partial charge in [0.15, 0.2) is 0 Å². The molecule has 0 heterocycles. The van der Waals surface area contributed by atoms with Crippen LogP contribution >= 0.6 is 0 Å². The molecule has 0 atom stereocenters. The summed E-state index contributed by atoms with van der Waals surface area (Å²) in [4.78, 5) is 12.4. The summed E-state index contributed by atoms with van der Waals surface area (Å²) >= 11 is 0. The maximum absolute atomic E-state index is 12.8. The number of aryl methyl sites for hydroxylation is 1. The van der Waals surface area contributed by atoms with E-state index in [2.05, 4.69) is 10.0 Å². The molecule has 0 aliphatic heterocycles. The number of para-hydroxylation sites is 3. The number of methoxy groups -OCH3 is 2. The van der Waals surface area contributed by atoms with E-state index in [0.717, 1.165) is 11.3 Å². The maximum atomic E-state index is 12.8. The van der Waals surface area contributed by atoms with Gasteiger partial charge >= 0.3 is 0 Å². The molecule has 3 aromatic carbocycles. The fraction of sp³-hybridized carbons (Fsp3) is 0.174. The van der Waals surface area contributed by atoms with Crippen molar-refractivity contribution in [3.05, 3.63) is 78.4 Å². The Kier molecular flexibility index (Phi) is 7.15. The lowest BCUT2D eigenvalue weighted by Gasteiger charge is -2.13. The normalized spacial score (nSPS) is 10.9. The van der Waals surface area contributed by atoms with Crippen molar-refractivity contribution >= 4 is 27.3 Å². The van der Waals surface area contributed by atoms with Crippen LogP contribution in [0.1, 0.15) is 12.0 Å². The van der Waals surface area contributed by atoms with Crippen LogP contribution in [0.4, 0.5) is 11.4 Å². The van der Waals surface area contributed by atoms with Gasteiger partial charge in [0.1, 0.15) is 11.5 Å². The fourth-order valence-corrected chi connectivity index (χ4v) is 4.17. The van der Waals surface area contributed by atoms with Crippen LogP contribution in [0.25, 0.3) is 0 Å². The van der Waals surface area contributed by atoms with Crippen molar-refractivity contribution in [2.45, 2.75) is 17.7 Å². The molecule has 0 spiro atoms. The lowest BCUT2D eigenvalue weighted by atomic mass is 10.1. The van der Waals surface area contributed by atoms with Gasteiger partial charge in [-0.15, -0.1) is 0 Å².